The predicted octanol–water partition coefficient (Wildman–Crippen LogP) is 14.3. The van der Waals surface area contributed by atoms with Crippen LogP contribution in [0.1, 0.15) is 226 Å². The summed E-state index contributed by atoms with van der Waals surface area (Å²) in [5.41, 5.74) is 0. The van der Waals surface area contributed by atoms with Gasteiger partial charge in [0.15, 0.2) is 0 Å². The lowest BCUT2D eigenvalue weighted by molar-refractivity contribution is -0.147. The molecule has 0 aliphatic carbocycles. The standard InChI is InChI=1S/C50H92NO8P/c1-3-5-7-9-11-13-15-17-19-21-22-23-24-25-26-27-29-31-33-35-37-39-41-43-50(54)57-46-48(52)47-59-60(55,56)58-45-44-51-49(53)42-40-38-36-34-32-30-28-20-18-16-14-12-10-8-6-4-2/h11,13-14,16-17,19-20,28,48,52H,3-10,12,15,18,21-27,29-47H2,1-2H3,(H,51,53)(H,55,56)/b13-11-,16-14-,19-17-,28-20-. The van der Waals surface area contributed by atoms with Crippen LogP contribution < -0.4 is 5.32 Å². The highest BCUT2D eigenvalue weighted by molar-refractivity contribution is 7.47. The summed E-state index contributed by atoms with van der Waals surface area (Å²) >= 11 is 0. The summed E-state index contributed by atoms with van der Waals surface area (Å²) < 4.78 is 26.9. The fraction of sp³-hybridized carbons (Fsp3) is 0.800. The smallest absolute Gasteiger partial charge is 0.463 e. The van der Waals surface area contributed by atoms with E-state index in [1.165, 1.54) is 128 Å². The van der Waals surface area contributed by atoms with Gasteiger partial charge in [0.05, 0.1) is 13.2 Å². The summed E-state index contributed by atoms with van der Waals surface area (Å²) in [6.07, 6.45) is 54.7. The Labute approximate surface area is 368 Å². The summed E-state index contributed by atoms with van der Waals surface area (Å²) in [6.45, 7) is 3.51. The van der Waals surface area contributed by atoms with Crippen LogP contribution in [-0.2, 0) is 27.9 Å². The Morgan fingerprint density at radius 3 is 1.37 bits per heavy atom. The van der Waals surface area contributed by atoms with Crippen LogP contribution in [0.25, 0.3) is 0 Å². The number of amides is 1. The molecule has 2 unspecified atom stereocenters. The van der Waals surface area contributed by atoms with Crippen molar-refractivity contribution in [1.29, 1.82) is 0 Å². The zero-order chi connectivity index (χ0) is 43.9. The topological polar surface area (TPSA) is 131 Å². The lowest BCUT2D eigenvalue weighted by atomic mass is 10.0. The number of hydrogen-bond donors (Lipinski definition) is 3. The van der Waals surface area contributed by atoms with Gasteiger partial charge in [-0.2, -0.15) is 0 Å². The minimum Gasteiger partial charge on any atom is -0.463 e. The van der Waals surface area contributed by atoms with E-state index < -0.39 is 26.5 Å². The van der Waals surface area contributed by atoms with Gasteiger partial charge in [-0.15, -0.1) is 0 Å². The maximum atomic E-state index is 12.1. The Kier molecular flexibility index (Phi) is 44.9. The number of unbranched alkanes of at least 4 members (excludes halogenated alkanes) is 25. The second-order valence-electron chi connectivity index (χ2n) is 16.4. The maximum absolute atomic E-state index is 12.1. The molecule has 350 valence electrons. The summed E-state index contributed by atoms with van der Waals surface area (Å²) in [4.78, 5) is 34.0. The lowest BCUT2D eigenvalue weighted by Crippen LogP contribution is -2.27. The number of phosphoric acid groups is 1. The second kappa shape index (κ2) is 46.5. The van der Waals surface area contributed by atoms with Gasteiger partial charge >= 0.3 is 13.8 Å². The van der Waals surface area contributed by atoms with E-state index in [1.807, 2.05) is 0 Å². The Bertz CT molecular complexity index is 1120. The monoisotopic (exact) mass is 866 g/mol. The molecule has 0 saturated heterocycles. The van der Waals surface area contributed by atoms with Gasteiger partial charge in [0.2, 0.25) is 5.91 Å². The predicted molar refractivity (Wildman–Crippen MR) is 252 cm³/mol. The van der Waals surface area contributed by atoms with E-state index in [0.29, 0.717) is 6.42 Å². The molecule has 3 N–H and O–H groups in total. The molecule has 0 aliphatic rings. The van der Waals surface area contributed by atoms with E-state index in [-0.39, 0.29) is 32.1 Å². The van der Waals surface area contributed by atoms with E-state index >= 15 is 0 Å². The first-order chi connectivity index (χ1) is 29.3. The van der Waals surface area contributed by atoms with Crippen molar-refractivity contribution in [2.24, 2.45) is 0 Å². The summed E-state index contributed by atoms with van der Waals surface area (Å²) in [7, 11) is -4.42. The second-order valence-corrected chi connectivity index (χ2v) is 17.9. The molecule has 0 heterocycles. The normalized spacial score (nSPS) is 13.6. The average Bonchev–Trinajstić information content (AvgIpc) is 3.23. The fourth-order valence-electron chi connectivity index (χ4n) is 6.74. The molecule has 2 atom stereocenters. The number of rotatable bonds is 46. The highest BCUT2D eigenvalue weighted by Crippen LogP contribution is 2.42. The molecule has 0 fully saturated rings. The van der Waals surface area contributed by atoms with Gasteiger partial charge in [-0.3, -0.25) is 18.6 Å². The number of esters is 1. The minimum atomic E-state index is -4.42. The number of ether oxygens (including phenoxy) is 1. The van der Waals surface area contributed by atoms with Gasteiger partial charge in [-0.05, 0) is 77.0 Å². The molecule has 0 aromatic carbocycles. The number of allylic oxidation sites excluding steroid dienone is 8. The van der Waals surface area contributed by atoms with Gasteiger partial charge < -0.3 is 20.1 Å². The van der Waals surface area contributed by atoms with Crippen molar-refractivity contribution in [3.8, 4) is 0 Å². The number of hydrogen-bond acceptors (Lipinski definition) is 7. The molecule has 0 spiro atoms. The minimum absolute atomic E-state index is 0.0737. The van der Waals surface area contributed by atoms with Crippen molar-refractivity contribution in [1.82, 2.24) is 5.32 Å². The first kappa shape index (κ1) is 58.0. The number of aliphatic hydroxyl groups is 1. The maximum Gasteiger partial charge on any atom is 0.472 e. The van der Waals surface area contributed by atoms with Crippen molar-refractivity contribution in [2.75, 3.05) is 26.4 Å². The Morgan fingerprint density at radius 1 is 0.517 bits per heavy atom. The fourth-order valence-corrected chi connectivity index (χ4v) is 7.49. The van der Waals surface area contributed by atoms with Crippen LogP contribution in [0.5, 0.6) is 0 Å². The molecule has 1 amide bonds. The van der Waals surface area contributed by atoms with Crippen molar-refractivity contribution in [2.45, 2.75) is 232 Å². The number of phosphoric ester groups is 1. The number of aliphatic hydroxyl groups excluding tert-OH is 1. The number of nitrogens with one attached hydrogen (secondary N) is 1. The van der Waals surface area contributed by atoms with Gasteiger partial charge in [0.1, 0.15) is 12.7 Å². The van der Waals surface area contributed by atoms with Crippen LogP contribution in [0.3, 0.4) is 0 Å². The van der Waals surface area contributed by atoms with E-state index in [1.54, 1.807) is 0 Å². The molecule has 10 heteroatoms. The van der Waals surface area contributed by atoms with E-state index in [4.69, 9.17) is 13.8 Å². The quantitative estimate of drug-likeness (QED) is 0.0239. The third-order valence-electron chi connectivity index (χ3n) is 10.5. The molecule has 0 radical (unpaired) electrons. The van der Waals surface area contributed by atoms with Crippen LogP contribution in [0.4, 0.5) is 0 Å². The van der Waals surface area contributed by atoms with Crippen LogP contribution in [0.15, 0.2) is 48.6 Å². The molecule has 9 nitrogen and oxygen atoms in total. The average molecular weight is 866 g/mol. The van der Waals surface area contributed by atoms with Crippen molar-refractivity contribution < 1.29 is 37.9 Å². The summed E-state index contributed by atoms with van der Waals surface area (Å²) in [5, 5.41) is 12.7. The molecule has 0 bridgehead atoms. The number of carbonyl (C=O) groups excluding carboxylic acids is 2. The summed E-state index contributed by atoms with van der Waals surface area (Å²) in [6, 6.07) is 0. The lowest BCUT2D eigenvalue weighted by Gasteiger charge is -2.15. The van der Waals surface area contributed by atoms with E-state index in [0.717, 1.165) is 70.6 Å². The number of carbonyl (C=O) groups is 2. The third-order valence-corrected chi connectivity index (χ3v) is 11.5. The molecule has 0 rings (SSSR count). The van der Waals surface area contributed by atoms with Crippen LogP contribution in [0.2, 0.25) is 0 Å². The van der Waals surface area contributed by atoms with E-state index in [2.05, 4.69) is 67.8 Å². The summed E-state index contributed by atoms with van der Waals surface area (Å²) in [5.74, 6) is -0.528. The van der Waals surface area contributed by atoms with Gasteiger partial charge in [-0.25, -0.2) is 4.57 Å². The van der Waals surface area contributed by atoms with Crippen LogP contribution >= 0.6 is 7.82 Å². The SMILES string of the molecule is CCCCC/C=C\C/C=C\CCCCCCCCCCCCCCCC(=O)OCC(O)COP(=O)(O)OCCNC(=O)CCCCCCC/C=C\C/C=C\CCCCCC. The zero-order valence-corrected chi connectivity index (χ0v) is 39.5. The van der Waals surface area contributed by atoms with Gasteiger partial charge in [0.25, 0.3) is 0 Å². The molecular weight excluding hydrogens is 774 g/mol. The highest BCUT2D eigenvalue weighted by Gasteiger charge is 2.23. The molecule has 60 heavy (non-hydrogen) atoms. The Morgan fingerprint density at radius 2 is 0.900 bits per heavy atom. The molecule has 0 aromatic heterocycles. The highest BCUT2D eigenvalue weighted by atomic mass is 31.2. The molecule has 0 saturated carbocycles. The molecular formula is C50H92NO8P. The van der Waals surface area contributed by atoms with Gasteiger partial charge in [0, 0.05) is 19.4 Å². The van der Waals surface area contributed by atoms with Crippen LogP contribution in [0, 0.1) is 0 Å². The third kappa shape index (κ3) is 47.0. The first-order valence-electron chi connectivity index (χ1n) is 24.6. The van der Waals surface area contributed by atoms with Crippen LogP contribution in [-0.4, -0.2) is 54.3 Å². The largest absolute Gasteiger partial charge is 0.472 e. The zero-order valence-electron chi connectivity index (χ0n) is 38.7. The Balaban J connectivity index is 3.57. The molecule has 0 aromatic rings. The Hall–Kier alpha value is -2.03. The molecule has 0 aliphatic heterocycles. The first-order valence-corrected chi connectivity index (χ1v) is 26.1. The van der Waals surface area contributed by atoms with E-state index in [9.17, 15) is 24.2 Å². The van der Waals surface area contributed by atoms with Gasteiger partial charge in [-0.1, -0.05) is 184 Å². The van der Waals surface area contributed by atoms with Crippen molar-refractivity contribution in [3.05, 3.63) is 48.6 Å². The van der Waals surface area contributed by atoms with Crippen molar-refractivity contribution >= 4 is 19.7 Å². The van der Waals surface area contributed by atoms with Crippen molar-refractivity contribution in [3.63, 3.8) is 0 Å².